The number of anilines is 1. The summed E-state index contributed by atoms with van der Waals surface area (Å²) in [6.07, 6.45) is -3.06. The molecule has 0 atom stereocenters. The SMILES string of the molecule is CC(C)Oc1ccc2c(c1)C(c1ccnc(N3CC(O)(C(F)(F)F)C3)c1)=NC2. The van der Waals surface area contributed by atoms with E-state index in [0.29, 0.717) is 12.4 Å². The second-order valence-corrected chi connectivity index (χ2v) is 7.44. The van der Waals surface area contributed by atoms with Gasteiger partial charge in [-0.15, -0.1) is 0 Å². The summed E-state index contributed by atoms with van der Waals surface area (Å²) in [4.78, 5) is 10.2. The third-order valence-electron chi connectivity index (χ3n) is 4.89. The number of alkyl halides is 3. The minimum Gasteiger partial charge on any atom is -0.491 e. The van der Waals surface area contributed by atoms with E-state index in [4.69, 9.17) is 4.74 Å². The minimum atomic E-state index is -4.65. The smallest absolute Gasteiger partial charge is 0.420 e. The maximum absolute atomic E-state index is 12.9. The molecule has 3 heterocycles. The van der Waals surface area contributed by atoms with Crippen molar-refractivity contribution in [2.45, 2.75) is 38.3 Å². The van der Waals surface area contributed by atoms with Crippen LogP contribution >= 0.6 is 0 Å². The fraction of sp³-hybridized carbons (Fsp3) is 0.400. The molecule has 28 heavy (non-hydrogen) atoms. The lowest BCUT2D eigenvalue weighted by atomic mass is 9.93. The van der Waals surface area contributed by atoms with Crippen molar-refractivity contribution in [3.05, 3.63) is 53.2 Å². The van der Waals surface area contributed by atoms with Gasteiger partial charge in [0.2, 0.25) is 0 Å². The first-order chi connectivity index (χ1) is 13.2. The van der Waals surface area contributed by atoms with Crippen molar-refractivity contribution in [1.29, 1.82) is 0 Å². The van der Waals surface area contributed by atoms with Crippen LogP contribution in [0, 0.1) is 0 Å². The highest BCUT2D eigenvalue weighted by Crippen LogP contribution is 2.39. The average Bonchev–Trinajstić information content (AvgIpc) is 3.00. The summed E-state index contributed by atoms with van der Waals surface area (Å²) in [5.74, 6) is 1.13. The molecule has 1 saturated heterocycles. The number of fused-ring (bicyclic) bond motifs is 1. The highest BCUT2D eigenvalue weighted by Gasteiger charge is 2.61. The topological polar surface area (TPSA) is 58.0 Å². The number of benzene rings is 1. The number of hydrogen-bond donors (Lipinski definition) is 1. The molecule has 2 aliphatic heterocycles. The summed E-state index contributed by atoms with van der Waals surface area (Å²) >= 11 is 0. The van der Waals surface area contributed by atoms with E-state index in [2.05, 4.69) is 9.98 Å². The van der Waals surface area contributed by atoms with Crippen LogP contribution in [0.5, 0.6) is 5.75 Å². The van der Waals surface area contributed by atoms with Crippen molar-refractivity contribution in [3.63, 3.8) is 0 Å². The predicted octanol–water partition coefficient (Wildman–Crippen LogP) is 3.33. The predicted molar refractivity (Wildman–Crippen MR) is 99.0 cm³/mol. The van der Waals surface area contributed by atoms with Crippen LogP contribution in [0.2, 0.25) is 0 Å². The Morgan fingerprint density at radius 1 is 1.18 bits per heavy atom. The zero-order chi connectivity index (χ0) is 20.1. The summed E-state index contributed by atoms with van der Waals surface area (Å²) < 4.78 is 44.4. The monoisotopic (exact) mass is 391 g/mol. The van der Waals surface area contributed by atoms with Crippen LogP contribution in [0.15, 0.2) is 41.5 Å². The first kappa shape index (κ1) is 18.7. The molecule has 5 nitrogen and oxygen atoms in total. The Morgan fingerprint density at radius 2 is 1.93 bits per heavy atom. The quantitative estimate of drug-likeness (QED) is 0.869. The third kappa shape index (κ3) is 3.22. The van der Waals surface area contributed by atoms with E-state index in [-0.39, 0.29) is 6.10 Å². The molecule has 1 N–H and O–H groups in total. The zero-order valence-corrected chi connectivity index (χ0v) is 15.5. The molecule has 0 amide bonds. The van der Waals surface area contributed by atoms with E-state index in [1.165, 1.54) is 4.90 Å². The number of hydrogen-bond acceptors (Lipinski definition) is 5. The van der Waals surface area contributed by atoms with E-state index in [1.54, 1.807) is 18.3 Å². The first-order valence-electron chi connectivity index (χ1n) is 9.01. The van der Waals surface area contributed by atoms with Crippen LogP contribution in [0.1, 0.15) is 30.5 Å². The van der Waals surface area contributed by atoms with Gasteiger partial charge in [0.25, 0.3) is 0 Å². The molecule has 0 bridgehead atoms. The third-order valence-corrected chi connectivity index (χ3v) is 4.89. The van der Waals surface area contributed by atoms with Crippen molar-refractivity contribution >= 4 is 11.5 Å². The van der Waals surface area contributed by atoms with Crippen LogP contribution < -0.4 is 9.64 Å². The van der Waals surface area contributed by atoms with Gasteiger partial charge in [0.1, 0.15) is 11.6 Å². The second-order valence-electron chi connectivity index (χ2n) is 7.44. The number of aromatic nitrogens is 1. The lowest BCUT2D eigenvalue weighted by Gasteiger charge is -2.47. The van der Waals surface area contributed by atoms with Gasteiger partial charge in [0.05, 0.1) is 31.4 Å². The summed E-state index contributed by atoms with van der Waals surface area (Å²) in [5, 5.41) is 9.66. The van der Waals surface area contributed by atoms with Gasteiger partial charge in [0, 0.05) is 17.3 Å². The summed E-state index contributed by atoms with van der Waals surface area (Å²) in [6, 6.07) is 9.31. The van der Waals surface area contributed by atoms with Crippen LogP contribution in [-0.4, -0.2) is 46.8 Å². The van der Waals surface area contributed by atoms with Crippen molar-refractivity contribution in [3.8, 4) is 5.75 Å². The number of nitrogens with zero attached hydrogens (tertiary/aromatic N) is 3. The fourth-order valence-corrected chi connectivity index (χ4v) is 3.42. The Kier molecular flexibility index (Phi) is 4.33. The van der Waals surface area contributed by atoms with Gasteiger partial charge in [-0.05, 0) is 43.7 Å². The molecule has 8 heteroatoms. The molecule has 0 aliphatic carbocycles. The van der Waals surface area contributed by atoms with Gasteiger partial charge in [-0.3, -0.25) is 4.99 Å². The first-order valence-corrected chi connectivity index (χ1v) is 9.01. The Labute approximate surface area is 160 Å². The van der Waals surface area contributed by atoms with Gasteiger partial charge in [-0.2, -0.15) is 13.2 Å². The number of pyridine rings is 1. The number of aliphatic imine (C=N–C) groups is 1. The van der Waals surface area contributed by atoms with E-state index >= 15 is 0 Å². The molecule has 0 unspecified atom stereocenters. The Morgan fingerprint density at radius 3 is 2.61 bits per heavy atom. The van der Waals surface area contributed by atoms with E-state index in [0.717, 1.165) is 28.2 Å². The normalized spacial score (nSPS) is 18.0. The van der Waals surface area contributed by atoms with Crippen molar-refractivity contribution in [2.24, 2.45) is 4.99 Å². The maximum Gasteiger partial charge on any atom is 0.420 e. The number of ether oxygens (including phenoxy) is 1. The standard InChI is InChI=1S/C20H20F3N3O2/c1-12(2)28-15-4-3-14-9-25-18(16(14)8-15)13-5-6-24-17(7-13)26-10-19(27,11-26)20(21,22)23/h3-8,12,27H,9-11H2,1-2H3. The number of aliphatic hydroxyl groups is 1. The van der Waals surface area contributed by atoms with Crippen molar-refractivity contribution in [1.82, 2.24) is 4.98 Å². The van der Waals surface area contributed by atoms with E-state index in [9.17, 15) is 18.3 Å². The molecule has 1 fully saturated rings. The molecule has 148 valence electrons. The Hall–Kier alpha value is -2.61. The molecule has 0 spiro atoms. The Bertz CT molecular complexity index is 935. The second kappa shape index (κ2) is 6.48. The van der Waals surface area contributed by atoms with Crippen LogP contribution in [-0.2, 0) is 6.54 Å². The van der Waals surface area contributed by atoms with Crippen LogP contribution in [0.4, 0.5) is 19.0 Å². The van der Waals surface area contributed by atoms with Crippen molar-refractivity contribution in [2.75, 3.05) is 18.0 Å². The molecule has 2 aromatic rings. The van der Waals surface area contributed by atoms with Crippen molar-refractivity contribution < 1.29 is 23.0 Å². The number of rotatable bonds is 4. The molecule has 0 saturated carbocycles. The number of halogens is 3. The molecule has 2 aliphatic rings. The maximum atomic E-state index is 12.9. The zero-order valence-electron chi connectivity index (χ0n) is 15.5. The molecule has 1 aromatic carbocycles. The highest BCUT2D eigenvalue weighted by atomic mass is 19.4. The molecule has 4 rings (SSSR count). The van der Waals surface area contributed by atoms with Crippen LogP contribution in [0.3, 0.4) is 0 Å². The number of β-amino-alcohol motifs (C(OH)–C–C–N with tert-alkyl or cyclic N) is 1. The highest BCUT2D eigenvalue weighted by molar-refractivity contribution is 6.15. The summed E-state index contributed by atoms with van der Waals surface area (Å²) in [6.45, 7) is 3.39. The van der Waals surface area contributed by atoms with Gasteiger partial charge in [-0.25, -0.2) is 4.98 Å². The van der Waals surface area contributed by atoms with Gasteiger partial charge in [-0.1, -0.05) is 6.07 Å². The minimum absolute atomic E-state index is 0.0474. The summed E-state index contributed by atoms with van der Waals surface area (Å²) in [5.41, 5.74) is 0.878. The lowest BCUT2D eigenvalue weighted by Crippen LogP contribution is -2.69. The lowest BCUT2D eigenvalue weighted by molar-refractivity contribution is -0.267. The molecular formula is C20H20F3N3O2. The molecule has 1 aromatic heterocycles. The van der Waals surface area contributed by atoms with Crippen LogP contribution in [0.25, 0.3) is 0 Å². The van der Waals surface area contributed by atoms with Gasteiger partial charge >= 0.3 is 6.18 Å². The molecule has 0 radical (unpaired) electrons. The van der Waals surface area contributed by atoms with Gasteiger partial charge < -0.3 is 14.7 Å². The Balaban J connectivity index is 1.58. The largest absolute Gasteiger partial charge is 0.491 e. The summed E-state index contributed by atoms with van der Waals surface area (Å²) in [7, 11) is 0. The van der Waals surface area contributed by atoms with E-state index in [1.807, 2.05) is 32.0 Å². The molecular weight excluding hydrogens is 371 g/mol. The fourth-order valence-electron chi connectivity index (χ4n) is 3.42. The van der Waals surface area contributed by atoms with Gasteiger partial charge in [0.15, 0.2) is 5.60 Å². The van der Waals surface area contributed by atoms with E-state index < -0.39 is 24.9 Å². The average molecular weight is 391 g/mol.